The van der Waals surface area contributed by atoms with E-state index in [0.29, 0.717) is 17.7 Å². The standard InChI is InChI=1S/C26H36N10O5S/c27-17(9-15-11-30-13-33-15)22(37)34-19(6-3-7-31-26(28)29)23(38)36-21(12-42)24(39)35-20(25(40)41)8-14-10-32-18-5-2-1-4-16(14)18/h1-2,4-5,10-11,13,17,19-21,32,42H,3,6-9,12,27H2,(H,30,33)(H,34,37)(H,35,39)(H,36,38)(H,40,41)(H4,28,29,31). The number of nitrogens with one attached hydrogen (secondary N) is 5. The van der Waals surface area contributed by atoms with Gasteiger partial charge < -0.3 is 48.2 Å². The van der Waals surface area contributed by atoms with Crippen molar-refractivity contribution in [3.05, 3.63) is 54.2 Å². The van der Waals surface area contributed by atoms with Crippen molar-refractivity contribution in [3.63, 3.8) is 0 Å². The molecule has 0 fully saturated rings. The predicted molar refractivity (Wildman–Crippen MR) is 159 cm³/mol. The number of aromatic amines is 2. The molecule has 0 saturated carbocycles. The first-order valence-corrected chi connectivity index (χ1v) is 13.8. The maximum Gasteiger partial charge on any atom is 0.326 e. The lowest BCUT2D eigenvalue weighted by Gasteiger charge is -2.24. The van der Waals surface area contributed by atoms with E-state index in [-0.39, 0.29) is 37.5 Å². The molecule has 4 atom stereocenters. The Hall–Kier alpha value is -4.57. The van der Waals surface area contributed by atoms with Crippen LogP contribution in [0.4, 0.5) is 0 Å². The van der Waals surface area contributed by atoms with E-state index in [1.807, 2.05) is 24.3 Å². The molecule has 12 N–H and O–H groups in total. The van der Waals surface area contributed by atoms with E-state index in [9.17, 15) is 24.3 Å². The summed E-state index contributed by atoms with van der Waals surface area (Å²) in [6, 6.07) is 2.85. The number of fused-ring (bicyclic) bond motifs is 1. The maximum absolute atomic E-state index is 13.2. The smallest absolute Gasteiger partial charge is 0.326 e. The minimum Gasteiger partial charge on any atom is -0.480 e. The van der Waals surface area contributed by atoms with Gasteiger partial charge in [0.15, 0.2) is 5.96 Å². The highest BCUT2D eigenvalue weighted by molar-refractivity contribution is 7.80. The summed E-state index contributed by atoms with van der Waals surface area (Å²) in [5.41, 5.74) is 18.9. The lowest BCUT2D eigenvalue weighted by molar-refractivity contribution is -0.142. The number of para-hydroxylation sites is 1. The van der Waals surface area contributed by atoms with Gasteiger partial charge >= 0.3 is 5.97 Å². The number of carbonyl (C=O) groups is 4. The van der Waals surface area contributed by atoms with Gasteiger partial charge in [-0.2, -0.15) is 12.6 Å². The third-order valence-electron chi connectivity index (χ3n) is 6.44. The molecule has 0 aliphatic rings. The molecule has 2 heterocycles. The first-order chi connectivity index (χ1) is 20.1. The van der Waals surface area contributed by atoms with Crippen molar-refractivity contribution in [2.24, 2.45) is 22.2 Å². The number of carbonyl (C=O) groups excluding carboxylic acids is 3. The largest absolute Gasteiger partial charge is 0.480 e. The Balaban J connectivity index is 1.66. The van der Waals surface area contributed by atoms with Crippen LogP contribution in [0.15, 0.2) is 48.0 Å². The summed E-state index contributed by atoms with van der Waals surface area (Å²) in [7, 11) is 0. The van der Waals surface area contributed by atoms with Gasteiger partial charge in [-0.15, -0.1) is 0 Å². The van der Waals surface area contributed by atoms with E-state index in [2.05, 4.69) is 48.5 Å². The first-order valence-electron chi connectivity index (χ1n) is 13.2. The molecule has 3 aromatic rings. The topological polar surface area (TPSA) is 259 Å². The van der Waals surface area contributed by atoms with Gasteiger partial charge in [0.25, 0.3) is 0 Å². The minimum atomic E-state index is -1.27. The molecule has 1 aromatic carbocycles. The summed E-state index contributed by atoms with van der Waals surface area (Å²) in [5.74, 6) is -3.51. The quantitative estimate of drug-likeness (QED) is 0.0397. The van der Waals surface area contributed by atoms with Gasteiger partial charge in [0.1, 0.15) is 18.1 Å². The Bertz CT molecular complexity index is 1390. The van der Waals surface area contributed by atoms with Crippen LogP contribution < -0.4 is 33.2 Å². The number of guanidine groups is 1. The molecular weight excluding hydrogens is 564 g/mol. The zero-order chi connectivity index (χ0) is 30.6. The molecule has 0 bridgehead atoms. The van der Waals surface area contributed by atoms with Crippen LogP contribution in [0.2, 0.25) is 0 Å². The Morgan fingerprint density at radius 3 is 2.33 bits per heavy atom. The zero-order valence-corrected chi connectivity index (χ0v) is 23.6. The number of hydrogen-bond donors (Lipinski definition) is 10. The van der Waals surface area contributed by atoms with Crippen molar-refractivity contribution in [1.29, 1.82) is 0 Å². The van der Waals surface area contributed by atoms with Crippen molar-refractivity contribution >= 4 is 53.2 Å². The number of imidazole rings is 1. The number of aromatic nitrogens is 3. The van der Waals surface area contributed by atoms with Gasteiger partial charge in [-0.25, -0.2) is 9.78 Å². The molecular formula is C26H36N10O5S. The van der Waals surface area contributed by atoms with Gasteiger partial charge in [0, 0.05) is 54.1 Å². The predicted octanol–water partition coefficient (Wildman–Crippen LogP) is -1.47. The molecule has 226 valence electrons. The number of nitrogens with zero attached hydrogens (tertiary/aromatic N) is 2. The summed E-state index contributed by atoms with van der Waals surface area (Å²) in [6.07, 6.45) is 5.30. The monoisotopic (exact) mass is 600 g/mol. The number of carboxylic acid groups (broad SMARTS) is 1. The van der Waals surface area contributed by atoms with Crippen LogP contribution in [0.5, 0.6) is 0 Å². The second-order valence-corrected chi connectivity index (χ2v) is 9.97. The van der Waals surface area contributed by atoms with E-state index < -0.39 is 47.9 Å². The number of nitrogens with two attached hydrogens (primary N) is 3. The fourth-order valence-electron chi connectivity index (χ4n) is 4.24. The average Bonchev–Trinajstić information content (AvgIpc) is 3.62. The van der Waals surface area contributed by atoms with E-state index in [0.717, 1.165) is 10.9 Å². The molecule has 0 aliphatic carbocycles. The van der Waals surface area contributed by atoms with Gasteiger partial charge in [0.05, 0.1) is 12.4 Å². The Morgan fingerprint density at radius 2 is 1.67 bits per heavy atom. The average molecular weight is 601 g/mol. The van der Waals surface area contributed by atoms with Gasteiger partial charge in [0.2, 0.25) is 17.7 Å². The van der Waals surface area contributed by atoms with Crippen molar-refractivity contribution in [3.8, 4) is 0 Å². The van der Waals surface area contributed by atoms with Crippen LogP contribution in [0.25, 0.3) is 10.9 Å². The Morgan fingerprint density at radius 1 is 0.976 bits per heavy atom. The minimum absolute atomic E-state index is 0.00994. The summed E-state index contributed by atoms with van der Waals surface area (Å²) in [4.78, 5) is 64.8. The summed E-state index contributed by atoms with van der Waals surface area (Å²) >= 11 is 4.18. The number of aliphatic carboxylic acids is 1. The third kappa shape index (κ3) is 9.24. The highest BCUT2D eigenvalue weighted by Gasteiger charge is 2.30. The van der Waals surface area contributed by atoms with E-state index in [1.54, 1.807) is 6.20 Å². The summed E-state index contributed by atoms with van der Waals surface area (Å²) < 4.78 is 0. The number of hydrogen-bond acceptors (Lipinski definition) is 8. The van der Waals surface area contributed by atoms with E-state index >= 15 is 0 Å². The lowest BCUT2D eigenvalue weighted by atomic mass is 10.0. The SMILES string of the molecule is NC(N)=NCCCC(NC(=O)C(N)Cc1cnc[nH]1)C(=O)NC(CS)C(=O)NC(Cc1c[nH]c2ccccc12)C(=O)O. The summed E-state index contributed by atoms with van der Waals surface area (Å²) in [6.45, 7) is 0.201. The molecule has 2 aromatic heterocycles. The molecule has 0 aliphatic heterocycles. The Labute approximate surface area is 246 Å². The van der Waals surface area contributed by atoms with Crippen molar-refractivity contribution in [2.75, 3.05) is 12.3 Å². The van der Waals surface area contributed by atoms with Crippen molar-refractivity contribution in [2.45, 2.75) is 49.9 Å². The fourth-order valence-corrected chi connectivity index (χ4v) is 4.49. The maximum atomic E-state index is 13.2. The third-order valence-corrected chi connectivity index (χ3v) is 6.80. The molecule has 3 amide bonds. The molecule has 4 unspecified atom stereocenters. The number of amides is 3. The molecule has 0 saturated heterocycles. The van der Waals surface area contributed by atoms with Crippen LogP contribution in [-0.2, 0) is 32.0 Å². The molecule has 15 nitrogen and oxygen atoms in total. The zero-order valence-electron chi connectivity index (χ0n) is 22.7. The van der Waals surface area contributed by atoms with E-state index in [1.165, 1.54) is 12.5 Å². The number of aliphatic imine (C=N–C) groups is 1. The highest BCUT2D eigenvalue weighted by atomic mass is 32.1. The lowest BCUT2D eigenvalue weighted by Crippen LogP contribution is -2.58. The fraction of sp³-hybridized carbons (Fsp3) is 0.385. The van der Waals surface area contributed by atoms with Crippen LogP contribution in [0.1, 0.15) is 24.1 Å². The number of benzene rings is 1. The Kier molecular flexibility index (Phi) is 11.7. The van der Waals surface area contributed by atoms with Crippen molar-refractivity contribution < 1.29 is 24.3 Å². The number of rotatable bonds is 16. The normalized spacial score (nSPS) is 13.9. The number of carboxylic acids is 1. The number of thiol groups is 1. The molecule has 0 radical (unpaired) electrons. The van der Waals surface area contributed by atoms with Crippen LogP contribution in [0.3, 0.4) is 0 Å². The highest BCUT2D eigenvalue weighted by Crippen LogP contribution is 2.19. The first kappa shape index (κ1) is 32.0. The number of H-pyrrole nitrogens is 2. The second kappa shape index (κ2) is 15.4. The van der Waals surface area contributed by atoms with Crippen LogP contribution in [0, 0.1) is 0 Å². The van der Waals surface area contributed by atoms with Crippen LogP contribution in [-0.4, -0.2) is 86.2 Å². The van der Waals surface area contributed by atoms with Gasteiger partial charge in [-0.3, -0.25) is 19.4 Å². The van der Waals surface area contributed by atoms with Crippen molar-refractivity contribution in [1.82, 2.24) is 30.9 Å². The molecule has 0 spiro atoms. The van der Waals surface area contributed by atoms with Gasteiger partial charge in [-0.1, -0.05) is 18.2 Å². The molecule has 3 rings (SSSR count). The second-order valence-electron chi connectivity index (χ2n) is 9.60. The summed E-state index contributed by atoms with van der Waals surface area (Å²) in [5, 5.41) is 18.3. The van der Waals surface area contributed by atoms with E-state index in [4.69, 9.17) is 17.2 Å². The molecule has 16 heteroatoms. The molecule has 42 heavy (non-hydrogen) atoms. The van der Waals surface area contributed by atoms with Crippen LogP contribution >= 0.6 is 12.6 Å². The van der Waals surface area contributed by atoms with Gasteiger partial charge in [-0.05, 0) is 24.5 Å².